The van der Waals surface area contributed by atoms with Gasteiger partial charge in [0.1, 0.15) is 0 Å². The molecule has 4 nitrogen and oxygen atoms in total. The number of aryl methyl sites for hydroxylation is 1. The summed E-state index contributed by atoms with van der Waals surface area (Å²) >= 11 is 0. The van der Waals surface area contributed by atoms with Gasteiger partial charge in [0.05, 0.1) is 0 Å². The highest BCUT2D eigenvalue weighted by Gasteiger charge is 2.04. The van der Waals surface area contributed by atoms with Crippen LogP contribution in [0.15, 0.2) is 18.2 Å². The van der Waals surface area contributed by atoms with Gasteiger partial charge in [-0.15, -0.1) is 0 Å². The van der Waals surface area contributed by atoms with E-state index in [1.54, 1.807) is 13.2 Å². The summed E-state index contributed by atoms with van der Waals surface area (Å²) in [5.41, 5.74) is 8.43. The molecule has 1 aromatic carbocycles. The number of carbonyl (C=O) groups excluding carboxylic acids is 1. The van der Waals surface area contributed by atoms with Crippen molar-refractivity contribution in [1.29, 1.82) is 0 Å². The van der Waals surface area contributed by atoms with Crippen molar-refractivity contribution in [3.8, 4) is 0 Å². The van der Waals surface area contributed by atoms with Crippen LogP contribution in [0.2, 0.25) is 0 Å². The average Bonchev–Trinajstić information content (AvgIpc) is 2.29. The van der Waals surface area contributed by atoms with Crippen LogP contribution in [0.4, 0.5) is 11.4 Å². The number of nitrogens with two attached hydrogens (primary N) is 1. The van der Waals surface area contributed by atoms with Gasteiger partial charge in [-0.3, -0.25) is 4.79 Å². The summed E-state index contributed by atoms with van der Waals surface area (Å²) in [6.07, 6.45) is 2.09. The van der Waals surface area contributed by atoms with Gasteiger partial charge in [-0.25, -0.2) is 0 Å². The lowest BCUT2D eigenvalue weighted by Gasteiger charge is -2.08. The summed E-state index contributed by atoms with van der Waals surface area (Å²) in [7, 11) is 1.63. The van der Waals surface area contributed by atoms with E-state index in [9.17, 15) is 4.79 Å². The lowest BCUT2D eigenvalue weighted by Crippen LogP contribution is -2.12. The van der Waals surface area contributed by atoms with Gasteiger partial charge < -0.3 is 15.8 Å². The number of ether oxygens (including phenoxy) is 1. The second kappa shape index (κ2) is 6.91. The molecule has 0 aromatic heterocycles. The Morgan fingerprint density at radius 1 is 1.47 bits per heavy atom. The molecule has 0 spiro atoms. The lowest BCUT2D eigenvalue weighted by atomic mass is 10.1. The smallest absolute Gasteiger partial charge is 0.224 e. The normalized spacial score (nSPS) is 10.2. The van der Waals surface area contributed by atoms with Crippen LogP contribution in [0.25, 0.3) is 0 Å². The molecule has 0 fully saturated rings. The first-order chi connectivity index (χ1) is 8.17. The SMILES string of the molecule is CCc1ccc(NC(=O)CCCOC)cc1N. The Morgan fingerprint density at radius 2 is 2.24 bits per heavy atom. The van der Waals surface area contributed by atoms with Crippen molar-refractivity contribution in [2.75, 3.05) is 24.8 Å². The molecule has 0 bridgehead atoms. The van der Waals surface area contributed by atoms with Crippen LogP contribution >= 0.6 is 0 Å². The molecule has 0 unspecified atom stereocenters. The number of hydrogen-bond acceptors (Lipinski definition) is 3. The van der Waals surface area contributed by atoms with Gasteiger partial charge in [0, 0.05) is 31.5 Å². The average molecular weight is 236 g/mol. The largest absolute Gasteiger partial charge is 0.398 e. The number of nitrogens with one attached hydrogen (secondary N) is 1. The van der Waals surface area contributed by atoms with Gasteiger partial charge in [0.25, 0.3) is 0 Å². The number of methoxy groups -OCH3 is 1. The van der Waals surface area contributed by atoms with Gasteiger partial charge in [-0.05, 0) is 30.5 Å². The molecule has 0 aliphatic rings. The Kier molecular flexibility index (Phi) is 5.49. The highest BCUT2D eigenvalue weighted by Crippen LogP contribution is 2.18. The van der Waals surface area contributed by atoms with Gasteiger partial charge in [-0.1, -0.05) is 13.0 Å². The van der Waals surface area contributed by atoms with E-state index in [0.29, 0.717) is 13.0 Å². The van der Waals surface area contributed by atoms with E-state index in [0.717, 1.165) is 29.8 Å². The molecule has 1 rings (SSSR count). The minimum absolute atomic E-state index is 0.00861. The molecule has 0 saturated carbocycles. The van der Waals surface area contributed by atoms with Crippen LogP contribution in [0.1, 0.15) is 25.3 Å². The predicted molar refractivity (Wildman–Crippen MR) is 70.0 cm³/mol. The Bertz CT molecular complexity index is 378. The number of hydrogen-bond donors (Lipinski definition) is 2. The van der Waals surface area contributed by atoms with Crippen LogP contribution in [0.5, 0.6) is 0 Å². The van der Waals surface area contributed by atoms with Crippen LogP contribution < -0.4 is 11.1 Å². The third-order valence-electron chi connectivity index (χ3n) is 2.56. The Hall–Kier alpha value is -1.55. The van der Waals surface area contributed by atoms with Crippen LogP contribution in [0, 0.1) is 0 Å². The highest BCUT2D eigenvalue weighted by atomic mass is 16.5. The van der Waals surface area contributed by atoms with Crippen LogP contribution in [0.3, 0.4) is 0 Å². The lowest BCUT2D eigenvalue weighted by molar-refractivity contribution is -0.116. The van der Waals surface area contributed by atoms with Crippen LogP contribution in [-0.2, 0) is 16.0 Å². The number of benzene rings is 1. The summed E-state index contributed by atoms with van der Waals surface area (Å²) in [5.74, 6) is -0.00861. The van der Waals surface area contributed by atoms with E-state index >= 15 is 0 Å². The van der Waals surface area contributed by atoms with Crippen molar-refractivity contribution in [1.82, 2.24) is 0 Å². The summed E-state index contributed by atoms with van der Waals surface area (Å²) in [6.45, 7) is 2.65. The molecule has 4 heteroatoms. The molecular weight excluding hydrogens is 216 g/mol. The summed E-state index contributed by atoms with van der Waals surface area (Å²) in [5, 5.41) is 2.82. The van der Waals surface area contributed by atoms with E-state index in [2.05, 4.69) is 12.2 Å². The molecule has 0 atom stereocenters. The monoisotopic (exact) mass is 236 g/mol. The van der Waals surface area contributed by atoms with E-state index in [1.807, 2.05) is 12.1 Å². The maximum Gasteiger partial charge on any atom is 0.224 e. The van der Waals surface area contributed by atoms with E-state index in [-0.39, 0.29) is 5.91 Å². The summed E-state index contributed by atoms with van der Waals surface area (Å²) < 4.78 is 4.89. The summed E-state index contributed by atoms with van der Waals surface area (Å²) in [6, 6.07) is 5.62. The first kappa shape index (κ1) is 13.5. The number of anilines is 2. The zero-order valence-electron chi connectivity index (χ0n) is 10.5. The maximum absolute atomic E-state index is 11.5. The van der Waals surface area contributed by atoms with Crippen LogP contribution in [-0.4, -0.2) is 19.6 Å². The molecule has 94 valence electrons. The molecule has 0 aliphatic carbocycles. The first-order valence-corrected chi connectivity index (χ1v) is 5.84. The van der Waals surface area contributed by atoms with Crippen molar-refractivity contribution in [2.45, 2.75) is 26.2 Å². The van der Waals surface area contributed by atoms with Gasteiger partial charge in [0.15, 0.2) is 0 Å². The standard InChI is InChI=1S/C13H20N2O2/c1-3-10-6-7-11(9-12(10)14)15-13(16)5-4-8-17-2/h6-7,9H,3-5,8,14H2,1-2H3,(H,15,16). The summed E-state index contributed by atoms with van der Waals surface area (Å²) in [4.78, 5) is 11.5. The van der Waals surface area contributed by atoms with Crippen molar-refractivity contribution < 1.29 is 9.53 Å². The number of nitrogen functional groups attached to an aromatic ring is 1. The number of carbonyl (C=O) groups is 1. The Morgan fingerprint density at radius 3 is 2.82 bits per heavy atom. The molecule has 1 aromatic rings. The van der Waals surface area contributed by atoms with Gasteiger partial charge in [-0.2, -0.15) is 0 Å². The van der Waals surface area contributed by atoms with E-state index < -0.39 is 0 Å². The quantitative estimate of drug-likeness (QED) is 0.588. The van der Waals surface area contributed by atoms with Crippen molar-refractivity contribution in [3.63, 3.8) is 0 Å². The Balaban J connectivity index is 2.51. The van der Waals surface area contributed by atoms with E-state index in [4.69, 9.17) is 10.5 Å². The molecule has 3 N–H and O–H groups in total. The topological polar surface area (TPSA) is 64.3 Å². The molecule has 1 amide bonds. The fourth-order valence-corrected chi connectivity index (χ4v) is 1.60. The second-order valence-electron chi connectivity index (χ2n) is 3.91. The number of rotatable bonds is 6. The molecular formula is C13H20N2O2. The molecule has 0 heterocycles. The van der Waals surface area contributed by atoms with Gasteiger partial charge in [0.2, 0.25) is 5.91 Å². The molecule has 0 radical (unpaired) electrons. The Labute approximate surface area is 102 Å². The third-order valence-corrected chi connectivity index (χ3v) is 2.56. The molecule has 17 heavy (non-hydrogen) atoms. The zero-order chi connectivity index (χ0) is 12.7. The van der Waals surface area contributed by atoms with Crippen molar-refractivity contribution >= 4 is 17.3 Å². The van der Waals surface area contributed by atoms with Crippen molar-refractivity contribution in [3.05, 3.63) is 23.8 Å². The fourth-order valence-electron chi connectivity index (χ4n) is 1.60. The first-order valence-electron chi connectivity index (χ1n) is 5.84. The highest BCUT2D eigenvalue weighted by molar-refractivity contribution is 5.91. The minimum atomic E-state index is -0.00861. The zero-order valence-corrected chi connectivity index (χ0v) is 10.5. The second-order valence-corrected chi connectivity index (χ2v) is 3.91. The minimum Gasteiger partial charge on any atom is -0.398 e. The fraction of sp³-hybridized carbons (Fsp3) is 0.462. The predicted octanol–water partition coefficient (Wildman–Crippen LogP) is 2.20. The molecule has 0 aliphatic heterocycles. The van der Waals surface area contributed by atoms with Crippen molar-refractivity contribution in [2.24, 2.45) is 0 Å². The van der Waals surface area contributed by atoms with E-state index in [1.165, 1.54) is 0 Å². The maximum atomic E-state index is 11.5. The third kappa shape index (κ3) is 4.44. The van der Waals surface area contributed by atoms with Gasteiger partial charge >= 0.3 is 0 Å². The number of amides is 1. The molecule has 0 saturated heterocycles.